The van der Waals surface area contributed by atoms with Gasteiger partial charge in [-0.1, -0.05) is 0 Å². The molecule has 0 fully saturated rings. The van der Waals surface area contributed by atoms with Gasteiger partial charge in [0.2, 0.25) is 0 Å². The Kier molecular flexibility index (Phi) is 2.08. The van der Waals surface area contributed by atoms with Crippen molar-refractivity contribution in [1.82, 2.24) is 9.78 Å². The van der Waals surface area contributed by atoms with Gasteiger partial charge >= 0.3 is 5.97 Å². The highest BCUT2D eigenvalue weighted by molar-refractivity contribution is 7.17. The average Bonchev–Trinajstić information content (AvgIpc) is 2.69. The summed E-state index contributed by atoms with van der Waals surface area (Å²) < 4.78 is 2.69. The number of aryl methyl sites for hydroxylation is 1. The van der Waals surface area contributed by atoms with Crippen molar-refractivity contribution >= 4 is 27.5 Å². The predicted octanol–water partition coefficient (Wildman–Crippen LogP) is 2.00. The van der Waals surface area contributed by atoms with E-state index in [1.807, 2.05) is 18.5 Å². The lowest BCUT2D eigenvalue weighted by molar-refractivity contribution is -0.142. The van der Waals surface area contributed by atoms with E-state index in [9.17, 15) is 4.79 Å². The van der Waals surface area contributed by atoms with Crippen LogP contribution in [0.25, 0.3) is 10.2 Å². The maximum Gasteiger partial charge on any atom is 0.315 e. The van der Waals surface area contributed by atoms with Gasteiger partial charge in [-0.2, -0.15) is 5.10 Å². The van der Waals surface area contributed by atoms with E-state index in [1.54, 1.807) is 18.5 Å². The summed E-state index contributed by atoms with van der Waals surface area (Å²) in [6, 6.07) is 1.95. The fourth-order valence-electron chi connectivity index (χ4n) is 1.49. The van der Waals surface area contributed by atoms with Crippen molar-refractivity contribution in [3.8, 4) is 0 Å². The first-order valence-corrected chi connectivity index (χ1v) is 5.46. The van der Waals surface area contributed by atoms with Crippen LogP contribution in [0.1, 0.15) is 19.5 Å². The second-order valence-corrected chi connectivity index (χ2v) is 4.95. The van der Waals surface area contributed by atoms with Crippen molar-refractivity contribution < 1.29 is 9.90 Å². The van der Waals surface area contributed by atoms with Crippen LogP contribution in [0.4, 0.5) is 0 Å². The molecule has 0 aliphatic rings. The molecule has 0 radical (unpaired) electrons. The fourth-order valence-corrected chi connectivity index (χ4v) is 2.56. The second kappa shape index (κ2) is 3.06. The van der Waals surface area contributed by atoms with Gasteiger partial charge in [0.1, 0.15) is 5.41 Å². The highest BCUT2D eigenvalue weighted by Gasteiger charge is 2.34. The molecule has 2 aromatic heterocycles. The Labute approximate surface area is 91.1 Å². The monoisotopic (exact) mass is 224 g/mol. The fraction of sp³-hybridized carbons (Fsp3) is 0.400. The third kappa shape index (κ3) is 1.34. The summed E-state index contributed by atoms with van der Waals surface area (Å²) in [5.41, 5.74) is 0.691. The third-order valence-electron chi connectivity index (χ3n) is 2.58. The Morgan fingerprint density at radius 1 is 1.60 bits per heavy atom. The van der Waals surface area contributed by atoms with E-state index < -0.39 is 11.4 Å². The van der Waals surface area contributed by atoms with Gasteiger partial charge in [-0.3, -0.25) is 9.48 Å². The number of aliphatic carboxylic acids is 1. The smallest absolute Gasteiger partial charge is 0.315 e. The van der Waals surface area contributed by atoms with Gasteiger partial charge in [-0.15, -0.1) is 11.3 Å². The predicted molar refractivity (Wildman–Crippen MR) is 59.3 cm³/mol. The highest BCUT2D eigenvalue weighted by Crippen LogP contribution is 2.32. The Hall–Kier alpha value is -1.36. The number of thiophene rings is 1. The van der Waals surface area contributed by atoms with E-state index in [4.69, 9.17) is 5.11 Å². The van der Waals surface area contributed by atoms with Gasteiger partial charge in [-0.05, 0) is 25.3 Å². The van der Waals surface area contributed by atoms with E-state index in [0.717, 1.165) is 10.2 Å². The van der Waals surface area contributed by atoms with Crippen molar-refractivity contribution in [3.63, 3.8) is 0 Å². The second-order valence-electron chi connectivity index (χ2n) is 4.04. The van der Waals surface area contributed by atoms with Gasteiger partial charge in [0.25, 0.3) is 0 Å². The van der Waals surface area contributed by atoms with Crippen LogP contribution < -0.4 is 0 Å². The zero-order valence-corrected chi connectivity index (χ0v) is 9.63. The molecule has 0 bridgehead atoms. The molecule has 5 heteroatoms. The van der Waals surface area contributed by atoms with E-state index in [1.165, 1.54) is 11.3 Å². The minimum Gasteiger partial charge on any atom is -0.481 e. The van der Waals surface area contributed by atoms with Gasteiger partial charge in [0.05, 0.1) is 15.9 Å². The Morgan fingerprint density at radius 3 is 2.87 bits per heavy atom. The average molecular weight is 224 g/mol. The number of carboxylic acids is 1. The van der Waals surface area contributed by atoms with Gasteiger partial charge in [0, 0.05) is 7.05 Å². The third-order valence-corrected chi connectivity index (χ3v) is 3.50. The van der Waals surface area contributed by atoms with Crippen LogP contribution in [-0.4, -0.2) is 20.9 Å². The summed E-state index contributed by atoms with van der Waals surface area (Å²) in [4.78, 5) is 11.2. The molecule has 15 heavy (non-hydrogen) atoms. The number of carbonyl (C=O) groups is 1. The van der Waals surface area contributed by atoms with Crippen molar-refractivity contribution in [2.45, 2.75) is 19.3 Å². The number of hydrogen-bond donors (Lipinski definition) is 1. The lowest BCUT2D eigenvalue weighted by Gasteiger charge is -2.15. The first-order valence-electron chi connectivity index (χ1n) is 4.58. The maximum atomic E-state index is 11.2. The largest absolute Gasteiger partial charge is 0.481 e. The highest BCUT2D eigenvalue weighted by atomic mass is 32.1. The SMILES string of the molecule is Cn1nc(C(C)(C)C(=O)O)c2sccc21. The molecule has 1 N–H and O–H groups in total. The van der Waals surface area contributed by atoms with Crippen LogP contribution >= 0.6 is 11.3 Å². The first kappa shape index (κ1) is 10.2. The minimum absolute atomic E-state index is 0.641. The van der Waals surface area contributed by atoms with Crippen LogP contribution in [0.2, 0.25) is 0 Å². The van der Waals surface area contributed by atoms with Gasteiger partial charge < -0.3 is 5.11 Å². The van der Waals surface area contributed by atoms with Crippen LogP contribution in [0.5, 0.6) is 0 Å². The van der Waals surface area contributed by atoms with Gasteiger partial charge in [0.15, 0.2) is 0 Å². The number of aromatic nitrogens is 2. The molecule has 0 aromatic carbocycles. The van der Waals surface area contributed by atoms with Crippen LogP contribution in [0.3, 0.4) is 0 Å². The van der Waals surface area contributed by atoms with Crippen LogP contribution in [-0.2, 0) is 17.3 Å². The molecule has 2 heterocycles. The molecular weight excluding hydrogens is 212 g/mol. The zero-order valence-electron chi connectivity index (χ0n) is 8.81. The van der Waals surface area contributed by atoms with Crippen LogP contribution in [0, 0.1) is 0 Å². The molecule has 2 aromatic rings. The molecule has 0 unspecified atom stereocenters. The lowest BCUT2D eigenvalue weighted by Crippen LogP contribution is -2.29. The Balaban J connectivity index is 2.71. The Bertz CT molecular complexity index is 524. The van der Waals surface area contributed by atoms with Crippen molar-refractivity contribution in [1.29, 1.82) is 0 Å². The molecule has 0 saturated heterocycles. The maximum absolute atomic E-state index is 11.2. The van der Waals surface area contributed by atoms with E-state index >= 15 is 0 Å². The summed E-state index contributed by atoms with van der Waals surface area (Å²) in [6.45, 7) is 3.35. The molecular formula is C10H12N2O2S. The molecule has 0 amide bonds. The van der Waals surface area contributed by atoms with Crippen molar-refractivity contribution in [2.75, 3.05) is 0 Å². The molecule has 0 aliphatic heterocycles. The molecule has 80 valence electrons. The minimum atomic E-state index is -0.940. The standard InChI is InChI=1S/C10H12N2O2S/c1-10(2,9(13)14)8-7-6(4-5-15-7)12(3)11-8/h4-5H,1-3H3,(H,13,14). The number of hydrogen-bond acceptors (Lipinski definition) is 3. The van der Waals surface area contributed by atoms with Crippen molar-refractivity contribution in [3.05, 3.63) is 17.1 Å². The number of rotatable bonds is 2. The quantitative estimate of drug-likeness (QED) is 0.848. The molecule has 2 rings (SSSR count). The number of carboxylic acid groups (broad SMARTS) is 1. The van der Waals surface area contributed by atoms with E-state index in [2.05, 4.69) is 5.10 Å². The summed E-state index contributed by atoms with van der Waals surface area (Å²) in [5, 5.41) is 15.4. The molecule has 0 atom stereocenters. The molecule has 0 aliphatic carbocycles. The topological polar surface area (TPSA) is 55.1 Å². The first-order chi connectivity index (χ1) is 6.94. The van der Waals surface area contributed by atoms with Crippen LogP contribution in [0.15, 0.2) is 11.4 Å². The lowest BCUT2D eigenvalue weighted by atomic mass is 9.89. The van der Waals surface area contributed by atoms with E-state index in [0.29, 0.717) is 5.69 Å². The molecule has 0 spiro atoms. The summed E-state index contributed by atoms with van der Waals surface area (Å²) >= 11 is 1.53. The van der Waals surface area contributed by atoms with E-state index in [-0.39, 0.29) is 0 Å². The Morgan fingerprint density at radius 2 is 2.27 bits per heavy atom. The molecule has 4 nitrogen and oxygen atoms in total. The number of fused-ring (bicyclic) bond motifs is 1. The molecule has 0 saturated carbocycles. The zero-order chi connectivity index (χ0) is 11.2. The summed E-state index contributed by atoms with van der Waals surface area (Å²) in [7, 11) is 1.83. The normalized spacial score (nSPS) is 12.2. The number of nitrogens with zero attached hydrogens (tertiary/aromatic N) is 2. The summed E-state index contributed by atoms with van der Waals surface area (Å²) in [5.74, 6) is -0.851. The summed E-state index contributed by atoms with van der Waals surface area (Å²) in [6.07, 6.45) is 0. The van der Waals surface area contributed by atoms with Crippen molar-refractivity contribution in [2.24, 2.45) is 7.05 Å². The van der Waals surface area contributed by atoms with Gasteiger partial charge in [-0.25, -0.2) is 0 Å².